The summed E-state index contributed by atoms with van der Waals surface area (Å²) in [6.07, 6.45) is 10.8. The molecule has 3 aromatic rings. The minimum Gasteiger partial charge on any atom is -0.394 e. The third-order valence-corrected chi connectivity index (χ3v) is 5.57. The molecule has 4 N–H and O–H groups in total. The lowest BCUT2D eigenvalue weighted by Crippen LogP contribution is -2.24. The fourth-order valence-corrected chi connectivity index (χ4v) is 3.77. The zero-order chi connectivity index (χ0) is 22.9. The number of nitrogens with zero attached hydrogens (tertiary/aromatic N) is 5. The number of fused-ring (bicyclic) bond motifs is 1. The van der Waals surface area contributed by atoms with E-state index in [2.05, 4.69) is 51.0 Å². The van der Waals surface area contributed by atoms with Crippen molar-refractivity contribution in [3.05, 3.63) is 36.3 Å². The van der Waals surface area contributed by atoms with Crippen molar-refractivity contribution in [1.82, 2.24) is 24.8 Å². The molecule has 0 fully saturated rings. The van der Waals surface area contributed by atoms with Crippen molar-refractivity contribution in [1.29, 1.82) is 0 Å². The molecule has 0 aliphatic rings. The van der Waals surface area contributed by atoms with Gasteiger partial charge in [0.25, 0.3) is 0 Å². The van der Waals surface area contributed by atoms with Crippen LogP contribution in [0.3, 0.4) is 0 Å². The van der Waals surface area contributed by atoms with E-state index in [4.69, 9.17) is 5.73 Å². The maximum Gasteiger partial charge on any atom is 0.222 e. The number of hydrogen-bond acceptors (Lipinski definition) is 8. The second-order valence-electron chi connectivity index (χ2n) is 8.31. The molecular weight excluding hydrogens is 402 g/mol. The largest absolute Gasteiger partial charge is 0.394 e. The van der Waals surface area contributed by atoms with E-state index < -0.39 is 0 Å². The molecule has 1 atom stereocenters. The van der Waals surface area contributed by atoms with Crippen LogP contribution in [0.4, 0.5) is 11.8 Å². The molecule has 8 nitrogen and oxygen atoms in total. The number of hydrogen-bond donors (Lipinski definition) is 3. The van der Waals surface area contributed by atoms with Gasteiger partial charge in [-0.25, -0.2) is 4.98 Å². The molecule has 0 saturated heterocycles. The lowest BCUT2D eigenvalue weighted by atomic mass is 10.0. The third-order valence-electron chi connectivity index (χ3n) is 5.57. The van der Waals surface area contributed by atoms with Gasteiger partial charge in [0.15, 0.2) is 5.82 Å². The number of nitrogens with one attached hydrogen (secondary N) is 1. The van der Waals surface area contributed by atoms with Gasteiger partial charge in [0, 0.05) is 30.7 Å². The van der Waals surface area contributed by atoms with E-state index >= 15 is 0 Å². The average molecular weight is 438 g/mol. The molecule has 0 aliphatic carbocycles. The lowest BCUT2D eigenvalue weighted by Gasteiger charge is -2.19. The first-order valence-electron chi connectivity index (χ1n) is 11.5. The van der Waals surface area contributed by atoms with Crippen LogP contribution >= 0.6 is 0 Å². The van der Waals surface area contributed by atoms with E-state index in [1.54, 1.807) is 6.20 Å². The molecule has 0 saturated carbocycles. The van der Waals surface area contributed by atoms with Gasteiger partial charge in [-0.05, 0) is 49.7 Å². The first-order valence-corrected chi connectivity index (χ1v) is 11.5. The number of aromatic nitrogens is 4. The maximum absolute atomic E-state index is 9.74. The molecule has 32 heavy (non-hydrogen) atoms. The minimum atomic E-state index is -0.0978. The Balaban J connectivity index is 1.92. The van der Waals surface area contributed by atoms with Gasteiger partial charge in [-0.15, -0.1) is 0 Å². The minimum absolute atomic E-state index is 0.0232. The van der Waals surface area contributed by atoms with Crippen LogP contribution < -0.4 is 11.1 Å². The van der Waals surface area contributed by atoms with Crippen molar-refractivity contribution in [3.63, 3.8) is 0 Å². The molecule has 0 aliphatic heterocycles. The van der Waals surface area contributed by atoms with Gasteiger partial charge in [-0.2, -0.15) is 4.98 Å². The van der Waals surface area contributed by atoms with Crippen LogP contribution in [0.2, 0.25) is 0 Å². The fourth-order valence-electron chi connectivity index (χ4n) is 3.77. The number of anilines is 2. The highest BCUT2D eigenvalue weighted by molar-refractivity contribution is 5.89. The number of aliphatic hydroxyl groups is 1. The number of nitrogen functional groups attached to an aromatic ring is 1. The number of aliphatic hydroxyl groups excluding tert-OH is 1. The van der Waals surface area contributed by atoms with Gasteiger partial charge in [0.1, 0.15) is 5.52 Å². The third kappa shape index (κ3) is 6.11. The quantitative estimate of drug-likeness (QED) is 0.391. The SMILES string of the molecule is CCCC[C@H](CO)Nc1nc(N)nc2cc(-c3ccncc3CN(C)CCCC)cnc12. The predicted molar refractivity (Wildman–Crippen MR) is 130 cm³/mol. The van der Waals surface area contributed by atoms with Crippen LogP contribution in [0.25, 0.3) is 22.2 Å². The predicted octanol–water partition coefficient (Wildman–Crippen LogP) is 3.86. The molecule has 0 aromatic carbocycles. The first-order chi connectivity index (χ1) is 15.5. The van der Waals surface area contributed by atoms with Crippen molar-refractivity contribution < 1.29 is 5.11 Å². The van der Waals surface area contributed by atoms with E-state index in [0.717, 1.165) is 49.0 Å². The van der Waals surface area contributed by atoms with Crippen molar-refractivity contribution in [2.45, 2.75) is 58.5 Å². The van der Waals surface area contributed by atoms with Crippen LogP contribution in [-0.4, -0.2) is 56.2 Å². The Morgan fingerprint density at radius 1 is 1.16 bits per heavy atom. The molecule has 8 heteroatoms. The Morgan fingerprint density at radius 3 is 2.72 bits per heavy atom. The molecule has 0 unspecified atom stereocenters. The number of rotatable bonds is 12. The summed E-state index contributed by atoms with van der Waals surface area (Å²) >= 11 is 0. The van der Waals surface area contributed by atoms with Crippen LogP contribution in [-0.2, 0) is 6.54 Å². The van der Waals surface area contributed by atoms with Gasteiger partial charge in [-0.1, -0.05) is 33.1 Å². The van der Waals surface area contributed by atoms with Crippen molar-refractivity contribution >= 4 is 22.8 Å². The van der Waals surface area contributed by atoms with Crippen molar-refractivity contribution in [2.75, 3.05) is 31.2 Å². The van der Waals surface area contributed by atoms with Gasteiger partial charge >= 0.3 is 0 Å². The van der Waals surface area contributed by atoms with Gasteiger partial charge in [-0.3, -0.25) is 9.97 Å². The van der Waals surface area contributed by atoms with E-state index in [9.17, 15) is 5.11 Å². The summed E-state index contributed by atoms with van der Waals surface area (Å²) in [7, 11) is 2.13. The molecular formula is C24H35N7O. The van der Waals surface area contributed by atoms with Crippen LogP contribution in [0.1, 0.15) is 51.5 Å². The number of unbranched alkanes of at least 4 members (excludes halogenated alkanes) is 2. The highest BCUT2D eigenvalue weighted by atomic mass is 16.3. The fraction of sp³-hybridized carbons (Fsp3) is 0.500. The molecule has 0 bridgehead atoms. The summed E-state index contributed by atoms with van der Waals surface area (Å²) in [5.74, 6) is 0.740. The van der Waals surface area contributed by atoms with Crippen LogP contribution in [0.15, 0.2) is 30.7 Å². The highest BCUT2D eigenvalue weighted by Crippen LogP contribution is 2.28. The summed E-state index contributed by atoms with van der Waals surface area (Å²) in [5, 5.41) is 13.0. The van der Waals surface area contributed by atoms with E-state index in [1.165, 1.54) is 12.8 Å². The number of nitrogens with two attached hydrogens (primary N) is 1. The van der Waals surface area contributed by atoms with Gasteiger partial charge in [0.05, 0.1) is 18.2 Å². The van der Waals surface area contributed by atoms with Gasteiger partial charge < -0.3 is 21.1 Å². The topological polar surface area (TPSA) is 113 Å². The van der Waals surface area contributed by atoms with Gasteiger partial charge in [0.2, 0.25) is 5.95 Å². The number of pyridine rings is 2. The van der Waals surface area contributed by atoms with E-state index in [0.29, 0.717) is 16.9 Å². The Labute approximate surface area is 190 Å². The van der Waals surface area contributed by atoms with Crippen LogP contribution in [0.5, 0.6) is 0 Å². The molecule has 0 amide bonds. The monoisotopic (exact) mass is 437 g/mol. The Hall–Kier alpha value is -2.84. The van der Waals surface area contributed by atoms with E-state index in [1.807, 2.05) is 24.5 Å². The summed E-state index contributed by atoms with van der Waals surface area (Å²) in [4.78, 5) is 20.1. The summed E-state index contributed by atoms with van der Waals surface area (Å²) in [5.41, 5.74) is 10.5. The molecule has 3 heterocycles. The normalized spacial score (nSPS) is 12.4. The highest BCUT2D eigenvalue weighted by Gasteiger charge is 2.15. The van der Waals surface area contributed by atoms with Crippen molar-refractivity contribution in [3.8, 4) is 11.1 Å². The standard InChI is InChI=1S/C24H35N7O/c1-4-6-8-19(16-32)28-23-22-21(29-24(25)30-23)12-17(14-27-22)20-9-10-26-13-18(20)15-31(3)11-7-5-2/h9-10,12-14,19,32H,4-8,11,15-16H2,1-3H3,(H3,25,28,29,30)/t19-/m1/s1. The molecule has 0 radical (unpaired) electrons. The zero-order valence-electron chi connectivity index (χ0n) is 19.4. The smallest absolute Gasteiger partial charge is 0.222 e. The second-order valence-corrected chi connectivity index (χ2v) is 8.31. The average Bonchev–Trinajstić information content (AvgIpc) is 2.80. The maximum atomic E-state index is 9.74. The molecule has 0 spiro atoms. The zero-order valence-corrected chi connectivity index (χ0v) is 19.4. The summed E-state index contributed by atoms with van der Waals surface area (Å²) in [6, 6.07) is 3.91. The molecule has 3 aromatic heterocycles. The summed E-state index contributed by atoms with van der Waals surface area (Å²) < 4.78 is 0. The second kappa shape index (κ2) is 11.7. The van der Waals surface area contributed by atoms with Crippen molar-refractivity contribution in [2.24, 2.45) is 0 Å². The molecule has 172 valence electrons. The Kier molecular flexibility index (Phi) is 8.70. The first kappa shape index (κ1) is 23.8. The Bertz CT molecular complexity index is 1010. The lowest BCUT2D eigenvalue weighted by molar-refractivity contribution is 0.267. The van der Waals surface area contributed by atoms with E-state index in [-0.39, 0.29) is 18.6 Å². The van der Waals surface area contributed by atoms with Crippen LogP contribution in [0, 0.1) is 0 Å². The molecule has 3 rings (SSSR count). The summed E-state index contributed by atoms with van der Waals surface area (Å²) in [6.45, 7) is 6.21. The Morgan fingerprint density at radius 2 is 1.97 bits per heavy atom.